The number of nitrogens with zero attached hydrogens (tertiary/aromatic N) is 1. The molecular formula is C32H34ClNO5. The molecular weight excluding hydrogens is 514 g/mol. The Labute approximate surface area is 235 Å². The third kappa shape index (κ3) is 9.77. The first-order valence-electron chi connectivity index (χ1n) is 13.1. The molecule has 7 heteroatoms. The summed E-state index contributed by atoms with van der Waals surface area (Å²) in [5.41, 5.74) is 2.30. The van der Waals surface area contributed by atoms with Crippen LogP contribution in [0, 0.1) is 17.2 Å². The molecule has 3 aromatic carbocycles. The van der Waals surface area contributed by atoms with Crippen LogP contribution in [-0.2, 0) is 25.7 Å². The molecule has 0 aliphatic rings. The monoisotopic (exact) mass is 547 g/mol. The summed E-state index contributed by atoms with van der Waals surface area (Å²) >= 11 is 5.99. The fraction of sp³-hybridized carbons (Fsp3) is 0.344. The summed E-state index contributed by atoms with van der Waals surface area (Å²) in [4.78, 5) is 25.0. The molecule has 0 fully saturated rings. The normalized spacial score (nSPS) is 12.3. The van der Waals surface area contributed by atoms with Gasteiger partial charge in [-0.15, -0.1) is 0 Å². The van der Waals surface area contributed by atoms with Crippen molar-refractivity contribution < 1.29 is 23.8 Å². The number of ether oxygens (including phenoxy) is 3. The first-order chi connectivity index (χ1) is 18.9. The highest BCUT2D eigenvalue weighted by atomic mass is 35.5. The molecule has 0 N–H and O–H groups in total. The molecule has 0 amide bonds. The molecule has 39 heavy (non-hydrogen) atoms. The van der Waals surface area contributed by atoms with Gasteiger partial charge in [-0.05, 0) is 60.6 Å². The molecule has 1 unspecified atom stereocenters. The van der Waals surface area contributed by atoms with Crippen LogP contribution in [0.3, 0.4) is 0 Å². The molecule has 6 nitrogen and oxygen atoms in total. The number of hydrogen-bond acceptors (Lipinski definition) is 6. The number of benzene rings is 3. The number of halogens is 1. The Morgan fingerprint density at radius 1 is 0.897 bits per heavy atom. The van der Waals surface area contributed by atoms with Crippen LogP contribution in [0.15, 0.2) is 78.9 Å². The van der Waals surface area contributed by atoms with Crippen LogP contribution in [0.5, 0.6) is 5.75 Å². The lowest BCUT2D eigenvalue weighted by atomic mass is 9.88. The fourth-order valence-electron chi connectivity index (χ4n) is 4.14. The molecule has 0 aromatic heterocycles. The molecule has 0 aliphatic carbocycles. The molecule has 0 saturated heterocycles. The van der Waals surface area contributed by atoms with Gasteiger partial charge in [0.25, 0.3) is 0 Å². The van der Waals surface area contributed by atoms with Gasteiger partial charge in [-0.1, -0.05) is 80.0 Å². The van der Waals surface area contributed by atoms with E-state index < -0.39 is 18.0 Å². The fourth-order valence-corrected chi connectivity index (χ4v) is 4.26. The molecule has 0 bridgehead atoms. The summed E-state index contributed by atoms with van der Waals surface area (Å²) < 4.78 is 16.8. The number of unbranched alkanes of at least 4 members (excludes halogenated alkanes) is 2. The molecule has 0 radical (unpaired) electrons. The average Bonchev–Trinajstić information content (AvgIpc) is 2.94. The highest BCUT2D eigenvalue weighted by molar-refractivity contribution is 6.30. The van der Waals surface area contributed by atoms with Crippen LogP contribution in [0.4, 0.5) is 0 Å². The topological polar surface area (TPSA) is 85.6 Å². The van der Waals surface area contributed by atoms with E-state index in [1.54, 1.807) is 48.5 Å². The van der Waals surface area contributed by atoms with E-state index in [4.69, 9.17) is 25.8 Å². The van der Waals surface area contributed by atoms with E-state index in [0.29, 0.717) is 35.8 Å². The SMILES string of the molecule is CC(C)[C@H](C(=O)OC(C#N)c1cccc(OCCCCCC(=O)OCc2ccccc2)c1)c1ccc(Cl)cc1. The lowest BCUT2D eigenvalue weighted by Gasteiger charge is -2.22. The summed E-state index contributed by atoms with van der Waals surface area (Å²) in [5.74, 6) is -0.636. The van der Waals surface area contributed by atoms with Crippen molar-refractivity contribution in [1.82, 2.24) is 0 Å². The number of rotatable bonds is 14. The second-order valence-corrected chi connectivity index (χ2v) is 10.0. The Morgan fingerprint density at radius 3 is 2.33 bits per heavy atom. The van der Waals surface area contributed by atoms with E-state index in [1.807, 2.05) is 44.2 Å². The zero-order chi connectivity index (χ0) is 28.0. The van der Waals surface area contributed by atoms with E-state index >= 15 is 0 Å². The number of carbonyl (C=O) groups excluding carboxylic acids is 2. The minimum absolute atomic E-state index is 0.0293. The van der Waals surface area contributed by atoms with Crippen LogP contribution >= 0.6 is 11.6 Å². The van der Waals surface area contributed by atoms with Crippen molar-refractivity contribution in [3.8, 4) is 11.8 Å². The predicted molar refractivity (Wildman–Crippen MR) is 150 cm³/mol. The summed E-state index contributed by atoms with van der Waals surface area (Å²) in [6.45, 7) is 4.62. The van der Waals surface area contributed by atoms with Gasteiger partial charge in [0.2, 0.25) is 6.10 Å². The maximum Gasteiger partial charge on any atom is 0.315 e. The first-order valence-corrected chi connectivity index (χ1v) is 13.5. The molecule has 0 heterocycles. The summed E-state index contributed by atoms with van der Waals surface area (Å²) in [5, 5.41) is 10.3. The van der Waals surface area contributed by atoms with Crippen molar-refractivity contribution >= 4 is 23.5 Å². The molecule has 3 aromatic rings. The molecule has 2 atom stereocenters. The molecule has 0 spiro atoms. The van der Waals surface area contributed by atoms with E-state index in [2.05, 4.69) is 6.07 Å². The van der Waals surface area contributed by atoms with Crippen molar-refractivity contribution in [1.29, 1.82) is 5.26 Å². The highest BCUT2D eigenvalue weighted by Gasteiger charge is 2.29. The van der Waals surface area contributed by atoms with Crippen molar-refractivity contribution in [3.05, 3.63) is 101 Å². The summed E-state index contributed by atoms with van der Waals surface area (Å²) in [7, 11) is 0. The lowest BCUT2D eigenvalue weighted by molar-refractivity contribution is -0.150. The van der Waals surface area contributed by atoms with Gasteiger partial charge >= 0.3 is 11.9 Å². The van der Waals surface area contributed by atoms with Crippen molar-refractivity contribution in [2.75, 3.05) is 6.61 Å². The zero-order valence-corrected chi connectivity index (χ0v) is 23.1. The number of esters is 2. The van der Waals surface area contributed by atoms with Gasteiger partial charge in [0, 0.05) is 17.0 Å². The molecule has 204 valence electrons. The average molecular weight is 548 g/mol. The van der Waals surface area contributed by atoms with Crippen LogP contribution in [0.2, 0.25) is 5.02 Å². The lowest BCUT2D eigenvalue weighted by Crippen LogP contribution is -2.22. The van der Waals surface area contributed by atoms with Gasteiger partial charge in [-0.3, -0.25) is 9.59 Å². The summed E-state index contributed by atoms with van der Waals surface area (Å²) in [6.07, 6.45) is 1.61. The second kappa shape index (κ2) is 15.6. The van der Waals surface area contributed by atoms with Gasteiger partial charge in [-0.25, -0.2) is 0 Å². The quantitative estimate of drug-likeness (QED) is 0.153. The van der Waals surface area contributed by atoms with E-state index in [9.17, 15) is 14.9 Å². The summed E-state index contributed by atoms with van der Waals surface area (Å²) in [6, 6.07) is 25.8. The Kier molecular flexibility index (Phi) is 11.9. The number of nitriles is 1. The first kappa shape index (κ1) is 29.7. The Balaban J connectivity index is 1.44. The standard InChI is InChI=1S/C32H34ClNO5/c1-23(2)31(25-15-17-27(33)18-16-25)32(36)39-29(21-34)26-12-9-13-28(20-26)37-19-8-4-7-14-30(35)38-22-24-10-5-3-6-11-24/h3,5-6,9-13,15-18,20,23,29,31H,4,7-8,14,19,22H2,1-2H3/t29?,31-/m0/s1. The van der Waals surface area contributed by atoms with Crippen LogP contribution in [0.1, 0.15) is 68.2 Å². The maximum atomic E-state index is 13.1. The van der Waals surface area contributed by atoms with Crippen LogP contribution in [-0.4, -0.2) is 18.5 Å². The van der Waals surface area contributed by atoms with Crippen LogP contribution < -0.4 is 4.74 Å². The third-order valence-corrected chi connectivity index (χ3v) is 6.45. The smallest absolute Gasteiger partial charge is 0.315 e. The van der Waals surface area contributed by atoms with Crippen molar-refractivity contribution in [2.24, 2.45) is 5.92 Å². The van der Waals surface area contributed by atoms with Gasteiger partial charge in [-0.2, -0.15) is 5.26 Å². The number of hydrogen-bond donors (Lipinski definition) is 0. The minimum Gasteiger partial charge on any atom is -0.494 e. The zero-order valence-electron chi connectivity index (χ0n) is 22.3. The van der Waals surface area contributed by atoms with Crippen LogP contribution in [0.25, 0.3) is 0 Å². The van der Waals surface area contributed by atoms with Gasteiger partial charge in [0.05, 0.1) is 12.5 Å². The minimum atomic E-state index is -1.06. The van der Waals surface area contributed by atoms with E-state index in [1.165, 1.54) is 0 Å². The second-order valence-electron chi connectivity index (χ2n) is 9.60. The molecule has 3 rings (SSSR count). The predicted octanol–water partition coefficient (Wildman–Crippen LogP) is 7.57. The number of carbonyl (C=O) groups is 2. The largest absolute Gasteiger partial charge is 0.494 e. The maximum absolute atomic E-state index is 13.1. The molecule has 0 saturated carbocycles. The van der Waals surface area contributed by atoms with Crippen molar-refractivity contribution in [2.45, 2.75) is 58.2 Å². The van der Waals surface area contributed by atoms with Gasteiger partial charge in [0.15, 0.2) is 0 Å². The molecule has 0 aliphatic heterocycles. The third-order valence-electron chi connectivity index (χ3n) is 6.20. The van der Waals surface area contributed by atoms with E-state index in [-0.39, 0.29) is 18.5 Å². The van der Waals surface area contributed by atoms with E-state index in [0.717, 1.165) is 24.0 Å². The highest BCUT2D eigenvalue weighted by Crippen LogP contribution is 2.30. The Hall–Kier alpha value is -3.82. The van der Waals surface area contributed by atoms with Crippen molar-refractivity contribution in [3.63, 3.8) is 0 Å². The Morgan fingerprint density at radius 2 is 1.64 bits per heavy atom. The van der Waals surface area contributed by atoms with Gasteiger partial charge < -0.3 is 14.2 Å². The Bertz CT molecular complexity index is 1240. The van der Waals surface area contributed by atoms with Gasteiger partial charge in [0.1, 0.15) is 18.4 Å².